The monoisotopic (exact) mass is 236 g/mol. The van der Waals surface area contributed by atoms with Crippen LogP contribution in [0.15, 0.2) is 24.3 Å². The molecule has 2 rings (SSSR count). The van der Waals surface area contributed by atoms with E-state index in [-0.39, 0.29) is 5.92 Å². The molecule has 0 spiro atoms. The SMILES string of the molecule is COc1ccc([C@@H]2OC[C@@H](C)[C@H](C=O)O2)cc1. The Morgan fingerprint density at radius 2 is 2.06 bits per heavy atom. The Labute approximate surface area is 100 Å². The molecule has 4 nitrogen and oxygen atoms in total. The van der Waals surface area contributed by atoms with Crippen LogP contribution in [0.3, 0.4) is 0 Å². The fraction of sp³-hybridized carbons (Fsp3) is 0.462. The summed E-state index contributed by atoms with van der Waals surface area (Å²) in [5, 5.41) is 0. The summed E-state index contributed by atoms with van der Waals surface area (Å²) in [6, 6.07) is 7.44. The normalized spacial score (nSPS) is 28.7. The molecule has 1 aliphatic rings. The zero-order valence-electron chi connectivity index (χ0n) is 9.96. The molecule has 0 radical (unpaired) electrons. The number of rotatable bonds is 3. The molecular formula is C13H16O4. The Morgan fingerprint density at radius 3 is 2.65 bits per heavy atom. The first-order chi connectivity index (χ1) is 8.24. The molecule has 1 saturated heterocycles. The van der Waals surface area contributed by atoms with Crippen molar-refractivity contribution in [1.29, 1.82) is 0 Å². The van der Waals surface area contributed by atoms with Gasteiger partial charge in [-0.2, -0.15) is 0 Å². The van der Waals surface area contributed by atoms with Crippen LogP contribution >= 0.6 is 0 Å². The van der Waals surface area contributed by atoms with Crippen molar-refractivity contribution in [2.24, 2.45) is 5.92 Å². The van der Waals surface area contributed by atoms with Crippen LogP contribution in [0.5, 0.6) is 5.75 Å². The third-order valence-corrected chi connectivity index (χ3v) is 2.87. The average Bonchev–Trinajstić information content (AvgIpc) is 2.39. The van der Waals surface area contributed by atoms with Crippen LogP contribution in [-0.2, 0) is 14.3 Å². The van der Waals surface area contributed by atoms with E-state index in [9.17, 15) is 4.79 Å². The zero-order valence-corrected chi connectivity index (χ0v) is 9.96. The van der Waals surface area contributed by atoms with Crippen molar-refractivity contribution >= 4 is 6.29 Å². The first kappa shape index (κ1) is 12.1. The van der Waals surface area contributed by atoms with Crippen LogP contribution in [0.4, 0.5) is 0 Å². The van der Waals surface area contributed by atoms with Gasteiger partial charge in [-0.15, -0.1) is 0 Å². The number of ether oxygens (including phenoxy) is 3. The summed E-state index contributed by atoms with van der Waals surface area (Å²) in [6.45, 7) is 2.46. The lowest BCUT2D eigenvalue weighted by molar-refractivity contribution is -0.230. The maximum atomic E-state index is 10.8. The van der Waals surface area contributed by atoms with Gasteiger partial charge in [0.1, 0.15) is 18.1 Å². The topological polar surface area (TPSA) is 44.8 Å². The molecule has 1 fully saturated rings. The highest BCUT2D eigenvalue weighted by molar-refractivity contribution is 5.56. The van der Waals surface area contributed by atoms with Gasteiger partial charge in [-0.3, -0.25) is 0 Å². The molecule has 4 heteroatoms. The second-order valence-corrected chi connectivity index (χ2v) is 4.15. The molecule has 3 atom stereocenters. The average molecular weight is 236 g/mol. The van der Waals surface area contributed by atoms with Gasteiger partial charge in [0.25, 0.3) is 0 Å². The molecule has 0 N–H and O–H groups in total. The van der Waals surface area contributed by atoms with Gasteiger partial charge < -0.3 is 19.0 Å². The van der Waals surface area contributed by atoms with E-state index in [0.717, 1.165) is 17.6 Å². The van der Waals surface area contributed by atoms with Gasteiger partial charge in [0.2, 0.25) is 0 Å². The van der Waals surface area contributed by atoms with Crippen molar-refractivity contribution in [1.82, 2.24) is 0 Å². The van der Waals surface area contributed by atoms with E-state index in [4.69, 9.17) is 14.2 Å². The molecule has 0 bridgehead atoms. The van der Waals surface area contributed by atoms with Gasteiger partial charge in [0, 0.05) is 11.5 Å². The first-order valence-corrected chi connectivity index (χ1v) is 5.61. The van der Waals surface area contributed by atoms with Crippen LogP contribution in [0, 0.1) is 5.92 Å². The number of hydrogen-bond donors (Lipinski definition) is 0. The van der Waals surface area contributed by atoms with Gasteiger partial charge >= 0.3 is 0 Å². The fourth-order valence-corrected chi connectivity index (χ4v) is 1.75. The predicted molar refractivity (Wildman–Crippen MR) is 61.8 cm³/mol. The summed E-state index contributed by atoms with van der Waals surface area (Å²) in [5.41, 5.74) is 0.893. The van der Waals surface area contributed by atoms with Crippen LogP contribution in [0.2, 0.25) is 0 Å². The van der Waals surface area contributed by atoms with E-state index < -0.39 is 12.4 Å². The second kappa shape index (κ2) is 5.29. The van der Waals surface area contributed by atoms with Gasteiger partial charge in [0.05, 0.1) is 13.7 Å². The molecular weight excluding hydrogens is 220 g/mol. The molecule has 1 aromatic rings. The molecule has 0 amide bonds. The molecule has 1 aromatic carbocycles. The third kappa shape index (κ3) is 2.65. The minimum atomic E-state index is -0.465. The van der Waals surface area contributed by atoms with Gasteiger partial charge in [-0.25, -0.2) is 0 Å². The summed E-state index contributed by atoms with van der Waals surface area (Å²) in [5.74, 6) is 0.881. The highest BCUT2D eigenvalue weighted by atomic mass is 16.7. The fourth-order valence-electron chi connectivity index (χ4n) is 1.75. The van der Waals surface area contributed by atoms with E-state index in [1.807, 2.05) is 31.2 Å². The summed E-state index contributed by atoms with van der Waals surface area (Å²) in [6.07, 6.45) is -0.0212. The van der Waals surface area contributed by atoms with E-state index in [0.29, 0.717) is 6.61 Å². The maximum absolute atomic E-state index is 10.8. The first-order valence-electron chi connectivity index (χ1n) is 5.61. The van der Waals surface area contributed by atoms with Crippen molar-refractivity contribution in [3.8, 4) is 5.75 Å². The number of carbonyl (C=O) groups is 1. The number of hydrogen-bond acceptors (Lipinski definition) is 4. The molecule has 0 unspecified atom stereocenters. The van der Waals surface area contributed by atoms with E-state index >= 15 is 0 Å². The Morgan fingerprint density at radius 1 is 1.35 bits per heavy atom. The maximum Gasteiger partial charge on any atom is 0.184 e. The van der Waals surface area contributed by atoms with Gasteiger partial charge in [-0.05, 0) is 12.1 Å². The summed E-state index contributed by atoms with van der Waals surface area (Å²) in [7, 11) is 1.62. The largest absolute Gasteiger partial charge is 0.497 e. The minimum Gasteiger partial charge on any atom is -0.497 e. The van der Waals surface area contributed by atoms with E-state index in [1.165, 1.54) is 0 Å². The smallest absolute Gasteiger partial charge is 0.184 e. The Balaban J connectivity index is 2.09. The van der Waals surface area contributed by atoms with Crippen molar-refractivity contribution in [2.45, 2.75) is 19.3 Å². The summed E-state index contributed by atoms with van der Waals surface area (Å²) < 4.78 is 16.2. The zero-order chi connectivity index (χ0) is 12.3. The highest BCUT2D eigenvalue weighted by Crippen LogP contribution is 2.29. The summed E-state index contributed by atoms with van der Waals surface area (Å²) >= 11 is 0. The Kier molecular flexibility index (Phi) is 3.76. The Bertz CT molecular complexity index is 374. The molecule has 1 heterocycles. The van der Waals surface area contributed by atoms with Gasteiger partial charge in [-0.1, -0.05) is 19.1 Å². The summed E-state index contributed by atoms with van der Waals surface area (Å²) in [4.78, 5) is 10.8. The van der Waals surface area contributed by atoms with E-state index in [1.54, 1.807) is 7.11 Å². The van der Waals surface area contributed by atoms with Gasteiger partial charge in [0.15, 0.2) is 6.29 Å². The van der Waals surface area contributed by atoms with Crippen molar-refractivity contribution in [2.75, 3.05) is 13.7 Å². The van der Waals surface area contributed by atoms with Crippen LogP contribution in [0.1, 0.15) is 18.8 Å². The number of aldehydes is 1. The van der Waals surface area contributed by atoms with Crippen LogP contribution < -0.4 is 4.74 Å². The highest BCUT2D eigenvalue weighted by Gasteiger charge is 2.29. The molecule has 92 valence electrons. The molecule has 0 aromatic heterocycles. The minimum absolute atomic E-state index is 0.0991. The lowest BCUT2D eigenvalue weighted by atomic mass is 10.1. The number of benzene rings is 1. The number of methoxy groups -OCH3 is 1. The van der Waals surface area contributed by atoms with Crippen molar-refractivity contribution in [3.05, 3.63) is 29.8 Å². The molecule has 1 aliphatic heterocycles. The molecule has 0 saturated carbocycles. The van der Waals surface area contributed by atoms with E-state index in [2.05, 4.69) is 0 Å². The predicted octanol–water partition coefficient (Wildman–Crippen LogP) is 1.94. The molecule has 0 aliphatic carbocycles. The Hall–Kier alpha value is -1.39. The third-order valence-electron chi connectivity index (χ3n) is 2.87. The van der Waals surface area contributed by atoms with Crippen LogP contribution in [0.25, 0.3) is 0 Å². The number of carbonyl (C=O) groups excluding carboxylic acids is 1. The quantitative estimate of drug-likeness (QED) is 0.752. The molecule has 17 heavy (non-hydrogen) atoms. The second-order valence-electron chi connectivity index (χ2n) is 4.15. The van der Waals surface area contributed by atoms with Crippen LogP contribution in [-0.4, -0.2) is 26.1 Å². The standard InChI is InChI=1S/C13H16O4/c1-9-8-16-13(17-12(9)7-14)10-3-5-11(15-2)6-4-10/h3-7,9,12-13H,8H2,1-2H3/t9-,12+,13-/m1/s1. The van der Waals surface area contributed by atoms with Crippen molar-refractivity contribution in [3.63, 3.8) is 0 Å². The lowest BCUT2D eigenvalue weighted by Crippen LogP contribution is -2.35. The van der Waals surface area contributed by atoms with Crippen molar-refractivity contribution < 1.29 is 19.0 Å². The lowest BCUT2D eigenvalue weighted by Gasteiger charge is -2.32.